The van der Waals surface area contributed by atoms with Gasteiger partial charge in [-0.1, -0.05) is 13.0 Å². The maximum Gasteiger partial charge on any atom is 0.339 e. The number of aromatic hydroxyl groups is 1. The van der Waals surface area contributed by atoms with E-state index in [-0.39, 0.29) is 16.9 Å². The maximum absolute atomic E-state index is 10.9. The van der Waals surface area contributed by atoms with Gasteiger partial charge in [-0.15, -0.1) is 0 Å². The molecule has 2 aromatic rings. The highest BCUT2D eigenvalue weighted by atomic mass is 16.7. The van der Waals surface area contributed by atoms with Crippen molar-refractivity contribution in [2.24, 2.45) is 0 Å². The molecule has 2 aromatic carbocycles. The van der Waals surface area contributed by atoms with Gasteiger partial charge in [-0.25, -0.2) is 4.79 Å². The van der Waals surface area contributed by atoms with Crippen LogP contribution in [0.5, 0.6) is 23.0 Å². The second-order valence-corrected chi connectivity index (χ2v) is 6.75. The maximum atomic E-state index is 10.9. The van der Waals surface area contributed by atoms with Crippen LogP contribution in [0.25, 0.3) is 0 Å². The quantitative estimate of drug-likeness (QED) is 0.709. The predicted molar refractivity (Wildman–Crippen MR) is 97.2 cm³/mol. The van der Waals surface area contributed by atoms with Gasteiger partial charge in [0.25, 0.3) is 0 Å². The van der Waals surface area contributed by atoms with Crippen molar-refractivity contribution >= 4 is 5.97 Å². The van der Waals surface area contributed by atoms with Gasteiger partial charge in [-0.2, -0.15) is 0 Å². The fraction of sp³-hybridized carbons (Fsp3) is 0.350. The Kier molecular flexibility index (Phi) is 5.97. The number of carboxylic acid groups (broad SMARTS) is 1. The van der Waals surface area contributed by atoms with E-state index in [0.717, 1.165) is 0 Å². The van der Waals surface area contributed by atoms with Crippen LogP contribution in [-0.2, 0) is 0 Å². The first-order valence-corrected chi connectivity index (χ1v) is 8.36. The molecule has 0 radical (unpaired) electrons. The van der Waals surface area contributed by atoms with Gasteiger partial charge >= 0.3 is 5.97 Å². The number of rotatable bonds is 7. The zero-order valence-electron chi connectivity index (χ0n) is 15.4. The van der Waals surface area contributed by atoms with E-state index in [4.69, 9.17) is 19.3 Å². The molecule has 6 heteroatoms. The van der Waals surface area contributed by atoms with E-state index >= 15 is 0 Å². The summed E-state index contributed by atoms with van der Waals surface area (Å²) in [6.07, 6.45) is -0.0545. The Morgan fingerprint density at radius 1 is 1.04 bits per heavy atom. The molecule has 0 amide bonds. The first kappa shape index (κ1) is 19.4. The monoisotopic (exact) mass is 360 g/mol. The Morgan fingerprint density at radius 3 is 2.19 bits per heavy atom. The Morgan fingerprint density at radius 2 is 1.65 bits per heavy atom. The van der Waals surface area contributed by atoms with Gasteiger partial charge < -0.3 is 24.4 Å². The van der Waals surface area contributed by atoms with Crippen LogP contribution in [0, 0.1) is 0 Å². The standard InChI is InChI=1S/C20H24O6/c1-5-18(25-14-9-10-16(19(22)23)17(21)12-14)24-13-7-6-8-15(11-13)26-20(2,3)4/h6-12,18,21H,5H2,1-4H3,(H,22,23). The van der Waals surface area contributed by atoms with E-state index in [0.29, 0.717) is 23.7 Å². The smallest absolute Gasteiger partial charge is 0.339 e. The molecule has 140 valence electrons. The van der Waals surface area contributed by atoms with Crippen molar-refractivity contribution in [2.75, 3.05) is 0 Å². The molecule has 0 aromatic heterocycles. The van der Waals surface area contributed by atoms with Crippen LogP contribution < -0.4 is 14.2 Å². The average molecular weight is 360 g/mol. The molecule has 0 aliphatic carbocycles. The van der Waals surface area contributed by atoms with Gasteiger partial charge in [0.05, 0.1) is 0 Å². The minimum absolute atomic E-state index is 0.182. The first-order valence-electron chi connectivity index (χ1n) is 8.36. The number of benzene rings is 2. The number of hydrogen-bond acceptors (Lipinski definition) is 5. The Labute approximate surface area is 152 Å². The van der Waals surface area contributed by atoms with Gasteiger partial charge in [0.1, 0.15) is 34.2 Å². The fourth-order valence-electron chi connectivity index (χ4n) is 2.22. The SMILES string of the molecule is CCC(Oc1cccc(OC(C)(C)C)c1)Oc1ccc(C(=O)O)c(O)c1. The van der Waals surface area contributed by atoms with Crippen LogP contribution >= 0.6 is 0 Å². The van der Waals surface area contributed by atoms with Crippen molar-refractivity contribution in [2.45, 2.75) is 46.0 Å². The van der Waals surface area contributed by atoms with Gasteiger partial charge in [-0.3, -0.25) is 0 Å². The van der Waals surface area contributed by atoms with E-state index in [1.165, 1.54) is 18.2 Å². The molecule has 6 nitrogen and oxygen atoms in total. The molecule has 0 fully saturated rings. The van der Waals surface area contributed by atoms with Crippen LogP contribution in [-0.4, -0.2) is 28.1 Å². The second kappa shape index (κ2) is 7.99. The summed E-state index contributed by atoms with van der Waals surface area (Å²) in [5.74, 6) is 0.0400. The van der Waals surface area contributed by atoms with Crippen molar-refractivity contribution in [1.82, 2.24) is 0 Å². The molecule has 2 rings (SSSR count). The van der Waals surface area contributed by atoms with Gasteiger partial charge in [0.2, 0.25) is 6.29 Å². The van der Waals surface area contributed by atoms with Crippen LogP contribution in [0.3, 0.4) is 0 Å². The minimum Gasteiger partial charge on any atom is -0.507 e. The van der Waals surface area contributed by atoms with Crippen LogP contribution in [0.2, 0.25) is 0 Å². The third-order valence-corrected chi connectivity index (χ3v) is 3.30. The second-order valence-electron chi connectivity index (χ2n) is 6.75. The van der Waals surface area contributed by atoms with E-state index in [1.54, 1.807) is 12.1 Å². The molecule has 0 aliphatic rings. The molecule has 1 atom stereocenters. The summed E-state index contributed by atoms with van der Waals surface area (Å²) in [6.45, 7) is 7.79. The average Bonchev–Trinajstić information content (AvgIpc) is 2.52. The number of ether oxygens (including phenoxy) is 3. The number of hydrogen-bond donors (Lipinski definition) is 2. The molecule has 26 heavy (non-hydrogen) atoms. The largest absolute Gasteiger partial charge is 0.507 e. The Bertz CT molecular complexity index is 763. The van der Waals surface area contributed by atoms with Gasteiger partial charge in [0, 0.05) is 18.6 Å². The highest BCUT2D eigenvalue weighted by molar-refractivity contribution is 5.90. The lowest BCUT2D eigenvalue weighted by molar-refractivity contribution is 0.00286. The molecule has 0 saturated carbocycles. The molecule has 0 spiro atoms. The van der Waals surface area contributed by atoms with Crippen molar-refractivity contribution < 1.29 is 29.2 Å². The molecule has 0 saturated heterocycles. The van der Waals surface area contributed by atoms with E-state index in [9.17, 15) is 9.90 Å². The minimum atomic E-state index is -1.20. The van der Waals surface area contributed by atoms with Crippen molar-refractivity contribution in [1.29, 1.82) is 0 Å². The Hall–Kier alpha value is -2.89. The summed E-state index contributed by atoms with van der Waals surface area (Å²) in [4.78, 5) is 10.9. The van der Waals surface area contributed by atoms with Crippen molar-refractivity contribution in [3.8, 4) is 23.0 Å². The summed E-state index contributed by atoms with van der Waals surface area (Å²) in [5, 5.41) is 18.7. The molecule has 0 aliphatic heterocycles. The third kappa shape index (κ3) is 5.58. The summed E-state index contributed by atoms with van der Waals surface area (Å²) in [7, 11) is 0. The lowest BCUT2D eigenvalue weighted by Gasteiger charge is -2.23. The molecule has 0 heterocycles. The molecule has 1 unspecified atom stereocenters. The van der Waals surface area contributed by atoms with Gasteiger partial charge in [0.15, 0.2) is 0 Å². The highest BCUT2D eigenvalue weighted by Gasteiger charge is 2.16. The van der Waals surface area contributed by atoms with Crippen LogP contribution in [0.4, 0.5) is 0 Å². The molecule has 0 bridgehead atoms. The summed E-state index contributed by atoms with van der Waals surface area (Å²) >= 11 is 0. The van der Waals surface area contributed by atoms with Crippen molar-refractivity contribution in [3.05, 3.63) is 48.0 Å². The predicted octanol–water partition coefficient (Wildman–Crippen LogP) is 4.46. The normalized spacial score (nSPS) is 12.3. The summed E-state index contributed by atoms with van der Waals surface area (Å²) < 4.78 is 17.4. The summed E-state index contributed by atoms with van der Waals surface area (Å²) in [5.41, 5.74) is -0.499. The van der Waals surface area contributed by atoms with E-state index in [1.807, 2.05) is 39.8 Å². The molecule has 2 N–H and O–H groups in total. The lowest BCUT2D eigenvalue weighted by Crippen LogP contribution is -2.24. The number of carbonyl (C=O) groups is 1. The lowest BCUT2D eigenvalue weighted by atomic mass is 10.2. The number of aromatic carboxylic acids is 1. The van der Waals surface area contributed by atoms with Crippen LogP contribution in [0.1, 0.15) is 44.5 Å². The fourth-order valence-corrected chi connectivity index (χ4v) is 2.22. The zero-order valence-corrected chi connectivity index (χ0v) is 15.4. The van der Waals surface area contributed by atoms with Gasteiger partial charge in [-0.05, 0) is 45.0 Å². The Balaban J connectivity index is 2.09. The van der Waals surface area contributed by atoms with Crippen LogP contribution in [0.15, 0.2) is 42.5 Å². The highest BCUT2D eigenvalue weighted by Crippen LogP contribution is 2.27. The number of phenols is 1. The van der Waals surface area contributed by atoms with Crippen molar-refractivity contribution in [3.63, 3.8) is 0 Å². The molecular weight excluding hydrogens is 336 g/mol. The third-order valence-electron chi connectivity index (χ3n) is 3.30. The van der Waals surface area contributed by atoms with E-state index < -0.39 is 12.3 Å². The number of carboxylic acids is 1. The topological polar surface area (TPSA) is 85.2 Å². The molecular formula is C20H24O6. The first-order chi connectivity index (χ1) is 12.2. The zero-order chi connectivity index (χ0) is 19.3. The summed E-state index contributed by atoms with van der Waals surface area (Å²) in [6, 6.07) is 11.3. The van der Waals surface area contributed by atoms with E-state index in [2.05, 4.69) is 0 Å².